The molecule has 0 aromatic carbocycles. The summed E-state index contributed by atoms with van der Waals surface area (Å²) in [5.41, 5.74) is 2.02. The molecule has 1 rings (SSSR count). The zero-order chi connectivity index (χ0) is 15.8. The van der Waals surface area contributed by atoms with Gasteiger partial charge in [-0.15, -0.1) is 0 Å². The molecule has 110 valence electrons. The molecule has 1 N–H and O–H groups in total. The Morgan fingerprint density at radius 2 is 2.24 bits per heavy atom. The van der Waals surface area contributed by atoms with Crippen LogP contribution in [-0.2, 0) is 16.6 Å². The molecule has 0 saturated heterocycles. The number of hydrogen-bond acceptors (Lipinski definition) is 4. The summed E-state index contributed by atoms with van der Waals surface area (Å²) in [6, 6.07) is 5.61. The van der Waals surface area contributed by atoms with Crippen LogP contribution >= 0.6 is 0 Å². The van der Waals surface area contributed by atoms with Gasteiger partial charge in [0.25, 0.3) is 5.91 Å². The minimum absolute atomic E-state index is 0.0191. The molecular formula is C15H18N4O2. The highest BCUT2D eigenvalue weighted by molar-refractivity contribution is 6.01. The Kier molecular flexibility index (Phi) is 6.19. The topological polar surface area (TPSA) is 90.8 Å². The van der Waals surface area contributed by atoms with Gasteiger partial charge in [-0.05, 0) is 31.1 Å². The molecule has 0 radical (unpaired) electrons. The Balaban J connectivity index is 2.88. The van der Waals surface area contributed by atoms with Gasteiger partial charge in [-0.25, -0.2) is 0 Å². The Morgan fingerprint density at radius 3 is 2.76 bits per heavy atom. The van der Waals surface area contributed by atoms with Crippen molar-refractivity contribution in [3.8, 4) is 12.1 Å². The molecule has 0 aliphatic rings. The fourth-order valence-electron chi connectivity index (χ4n) is 1.79. The molecule has 21 heavy (non-hydrogen) atoms. The van der Waals surface area contributed by atoms with Gasteiger partial charge in [0.2, 0.25) is 0 Å². The predicted molar refractivity (Wildman–Crippen MR) is 78.0 cm³/mol. The van der Waals surface area contributed by atoms with Crippen LogP contribution in [0, 0.1) is 29.6 Å². The van der Waals surface area contributed by atoms with E-state index in [0.29, 0.717) is 30.8 Å². The number of rotatable bonds is 6. The molecule has 1 heterocycles. The SMILES string of the molecule is COCCCNC(=O)/C(C#N)=C/c1cc(C#N)n(C)c1C. The molecule has 0 atom stereocenters. The number of nitrogens with zero attached hydrogens (tertiary/aromatic N) is 3. The maximum atomic E-state index is 11.9. The summed E-state index contributed by atoms with van der Waals surface area (Å²) in [5.74, 6) is -0.421. The summed E-state index contributed by atoms with van der Waals surface area (Å²) in [5, 5.41) is 20.7. The quantitative estimate of drug-likeness (QED) is 0.484. The van der Waals surface area contributed by atoms with Crippen LogP contribution < -0.4 is 5.32 Å². The number of nitrogens with one attached hydrogen (secondary N) is 1. The molecular weight excluding hydrogens is 268 g/mol. The van der Waals surface area contributed by atoms with Gasteiger partial charge in [-0.1, -0.05) is 0 Å². The standard InChI is InChI=1S/C15H18N4O2/c1-11-12(8-14(10-17)19(11)2)7-13(9-16)15(20)18-5-4-6-21-3/h7-8H,4-6H2,1-3H3,(H,18,20)/b13-7+. The number of methoxy groups -OCH3 is 1. The molecule has 0 saturated carbocycles. The second kappa shape index (κ2) is 7.88. The summed E-state index contributed by atoms with van der Waals surface area (Å²) in [4.78, 5) is 11.9. The zero-order valence-corrected chi connectivity index (χ0v) is 12.4. The van der Waals surface area contributed by atoms with Crippen molar-refractivity contribution in [2.45, 2.75) is 13.3 Å². The van der Waals surface area contributed by atoms with Gasteiger partial charge < -0.3 is 14.6 Å². The van der Waals surface area contributed by atoms with Crippen molar-refractivity contribution in [2.75, 3.05) is 20.3 Å². The van der Waals surface area contributed by atoms with Crippen molar-refractivity contribution in [1.82, 2.24) is 9.88 Å². The van der Waals surface area contributed by atoms with Gasteiger partial charge in [0, 0.05) is 33.0 Å². The van der Waals surface area contributed by atoms with E-state index in [9.17, 15) is 4.79 Å². The molecule has 1 amide bonds. The van der Waals surface area contributed by atoms with E-state index in [2.05, 4.69) is 11.4 Å². The first-order valence-electron chi connectivity index (χ1n) is 6.50. The summed E-state index contributed by atoms with van der Waals surface area (Å²) in [6.45, 7) is 2.83. The first-order valence-corrected chi connectivity index (χ1v) is 6.50. The molecule has 1 aromatic heterocycles. The van der Waals surface area contributed by atoms with Gasteiger partial charge in [-0.2, -0.15) is 10.5 Å². The number of amides is 1. The highest BCUT2D eigenvalue weighted by Gasteiger charge is 2.12. The van der Waals surface area contributed by atoms with Crippen LogP contribution in [0.15, 0.2) is 11.6 Å². The third-order valence-corrected chi connectivity index (χ3v) is 3.16. The van der Waals surface area contributed by atoms with Crippen LogP contribution in [0.1, 0.15) is 23.4 Å². The Morgan fingerprint density at radius 1 is 1.52 bits per heavy atom. The molecule has 1 aromatic rings. The number of carbonyl (C=O) groups is 1. The number of carbonyl (C=O) groups excluding carboxylic acids is 1. The maximum absolute atomic E-state index is 11.9. The Hall–Kier alpha value is -2.57. The van der Waals surface area contributed by atoms with Gasteiger partial charge >= 0.3 is 0 Å². The summed E-state index contributed by atoms with van der Waals surface area (Å²) in [7, 11) is 3.36. The van der Waals surface area contributed by atoms with E-state index in [-0.39, 0.29) is 5.57 Å². The first-order chi connectivity index (χ1) is 10.0. The van der Waals surface area contributed by atoms with E-state index < -0.39 is 5.91 Å². The van der Waals surface area contributed by atoms with Crippen LogP contribution in [0.25, 0.3) is 6.08 Å². The van der Waals surface area contributed by atoms with E-state index in [1.807, 2.05) is 13.0 Å². The predicted octanol–water partition coefficient (Wildman–Crippen LogP) is 1.26. The zero-order valence-electron chi connectivity index (χ0n) is 12.4. The third-order valence-electron chi connectivity index (χ3n) is 3.16. The second-order valence-corrected chi connectivity index (χ2v) is 4.51. The summed E-state index contributed by atoms with van der Waals surface area (Å²) in [6.07, 6.45) is 2.19. The lowest BCUT2D eigenvalue weighted by molar-refractivity contribution is -0.117. The van der Waals surface area contributed by atoms with Crippen LogP contribution in [0.2, 0.25) is 0 Å². The van der Waals surface area contributed by atoms with Crippen molar-refractivity contribution in [3.05, 3.63) is 28.6 Å². The fourth-order valence-corrected chi connectivity index (χ4v) is 1.79. The normalized spacial score (nSPS) is 10.8. The first kappa shape index (κ1) is 16.5. The lowest BCUT2D eigenvalue weighted by Crippen LogP contribution is -2.26. The van der Waals surface area contributed by atoms with Gasteiger partial charge in [-0.3, -0.25) is 4.79 Å². The van der Waals surface area contributed by atoms with E-state index >= 15 is 0 Å². The van der Waals surface area contributed by atoms with Crippen LogP contribution in [0.3, 0.4) is 0 Å². The lowest BCUT2D eigenvalue weighted by Gasteiger charge is -2.03. The minimum Gasteiger partial charge on any atom is -0.385 e. The van der Waals surface area contributed by atoms with Crippen LogP contribution in [-0.4, -0.2) is 30.7 Å². The van der Waals surface area contributed by atoms with Gasteiger partial charge in [0.1, 0.15) is 23.4 Å². The number of aromatic nitrogens is 1. The second-order valence-electron chi connectivity index (χ2n) is 4.51. The maximum Gasteiger partial charge on any atom is 0.261 e. The third kappa shape index (κ3) is 4.20. The number of ether oxygens (including phenoxy) is 1. The van der Waals surface area contributed by atoms with E-state index in [1.165, 1.54) is 6.08 Å². The lowest BCUT2D eigenvalue weighted by atomic mass is 10.1. The number of nitriles is 2. The van der Waals surface area contributed by atoms with Crippen LogP contribution in [0.4, 0.5) is 0 Å². The molecule has 0 unspecified atom stereocenters. The van der Waals surface area contributed by atoms with E-state index in [1.54, 1.807) is 24.8 Å². The van der Waals surface area contributed by atoms with E-state index in [4.69, 9.17) is 15.3 Å². The Labute approximate surface area is 124 Å². The molecule has 0 fully saturated rings. The largest absolute Gasteiger partial charge is 0.385 e. The summed E-state index contributed by atoms with van der Waals surface area (Å²) < 4.78 is 6.61. The van der Waals surface area contributed by atoms with Crippen LogP contribution in [0.5, 0.6) is 0 Å². The molecule has 6 heteroatoms. The van der Waals surface area contributed by atoms with Crippen molar-refractivity contribution in [3.63, 3.8) is 0 Å². The smallest absolute Gasteiger partial charge is 0.261 e. The minimum atomic E-state index is -0.421. The van der Waals surface area contributed by atoms with Crippen molar-refractivity contribution >= 4 is 12.0 Å². The summed E-state index contributed by atoms with van der Waals surface area (Å²) >= 11 is 0. The average molecular weight is 286 g/mol. The fraction of sp³-hybridized carbons (Fsp3) is 0.400. The molecule has 0 aliphatic heterocycles. The highest BCUT2D eigenvalue weighted by Crippen LogP contribution is 2.16. The van der Waals surface area contributed by atoms with Crippen molar-refractivity contribution in [1.29, 1.82) is 10.5 Å². The molecule has 0 aliphatic carbocycles. The average Bonchev–Trinajstić information content (AvgIpc) is 2.76. The van der Waals surface area contributed by atoms with E-state index in [0.717, 1.165) is 5.69 Å². The highest BCUT2D eigenvalue weighted by atomic mass is 16.5. The molecule has 0 spiro atoms. The van der Waals surface area contributed by atoms with Crippen molar-refractivity contribution < 1.29 is 9.53 Å². The molecule has 0 bridgehead atoms. The Bertz CT molecular complexity index is 629. The monoisotopic (exact) mass is 286 g/mol. The number of hydrogen-bond donors (Lipinski definition) is 1. The van der Waals surface area contributed by atoms with Gasteiger partial charge in [0.05, 0.1) is 0 Å². The van der Waals surface area contributed by atoms with Crippen molar-refractivity contribution in [2.24, 2.45) is 7.05 Å². The van der Waals surface area contributed by atoms with Gasteiger partial charge in [0.15, 0.2) is 0 Å². The molecule has 6 nitrogen and oxygen atoms in total.